The Labute approximate surface area is 174 Å². The number of urea groups is 1. The van der Waals surface area contributed by atoms with Gasteiger partial charge in [-0.25, -0.2) is 14.9 Å². The minimum Gasteiger partial charge on any atom is -0.434 e. The van der Waals surface area contributed by atoms with Crippen LogP contribution in [0.15, 0.2) is 23.0 Å². The molecule has 0 radical (unpaired) electrons. The molecule has 0 saturated carbocycles. The van der Waals surface area contributed by atoms with Crippen molar-refractivity contribution in [1.29, 1.82) is 5.26 Å². The summed E-state index contributed by atoms with van der Waals surface area (Å²) in [6.07, 6.45) is 0. The quantitative estimate of drug-likeness (QED) is 0.667. The van der Waals surface area contributed by atoms with Gasteiger partial charge in [0.25, 0.3) is 11.5 Å². The molecule has 1 atom stereocenters. The van der Waals surface area contributed by atoms with Gasteiger partial charge in [0.1, 0.15) is 0 Å². The molecule has 0 spiro atoms. The fourth-order valence-electron chi connectivity index (χ4n) is 2.52. The topological polar surface area (TPSA) is 140 Å². The number of H-pyrrole nitrogens is 1. The van der Waals surface area contributed by atoms with Crippen LogP contribution in [0.4, 0.5) is 10.5 Å². The maximum atomic E-state index is 12.1. The summed E-state index contributed by atoms with van der Waals surface area (Å²) in [5.41, 5.74) is 2.79. The molecule has 1 aliphatic rings. The maximum Gasteiger partial charge on any atom is 0.343 e. The lowest BCUT2D eigenvalue weighted by Crippen LogP contribution is -2.64. The number of anilines is 1. The monoisotopic (exact) mass is 436 g/mol. The van der Waals surface area contributed by atoms with Gasteiger partial charge in [-0.05, 0) is 18.1 Å². The second kappa shape index (κ2) is 8.08. The third-order valence-electron chi connectivity index (χ3n) is 3.96. The number of ether oxygens (including phenoxy) is 1. The predicted molar refractivity (Wildman–Crippen MR) is 104 cm³/mol. The van der Waals surface area contributed by atoms with Gasteiger partial charge in [-0.1, -0.05) is 37.0 Å². The lowest BCUT2D eigenvalue weighted by atomic mass is 10.1. The first-order valence-corrected chi connectivity index (χ1v) is 9.04. The Kier molecular flexibility index (Phi) is 5.74. The van der Waals surface area contributed by atoms with Crippen LogP contribution in [0.5, 0.6) is 11.6 Å². The van der Waals surface area contributed by atoms with Crippen molar-refractivity contribution < 1.29 is 14.3 Å². The van der Waals surface area contributed by atoms with E-state index in [1.807, 2.05) is 19.2 Å². The molecule has 0 aliphatic carbocycles. The Bertz CT molecular complexity index is 1070. The van der Waals surface area contributed by atoms with Crippen LogP contribution in [0, 0.1) is 11.3 Å². The number of nitriles is 1. The highest BCUT2D eigenvalue weighted by Gasteiger charge is 2.33. The number of benzene rings is 1. The van der Waals surface area contributed by atoms with E-state index in [0.29, 0.717) is 5.56 Å². The minimum atomic E-state index is -1.26. The molecule has 0 bridgehead atoms. The first-order valence-electron chi connectivity index (χ1n) is 8.28. The molecule has 1 aromatic heterocycles. The van der Waals surface area contributed by atoms with Crippen molar-refractivity contribution in [2.75, 3.05) is 5.01 Å². The first kappa shape index (κ1) is 20.6. The van der Waals surface area contributed by atoms with Gasteiger partial charge in [-0.2, -0.15) is 10.7 Å². The van der Waals surface area contributed by atoms with Crippen LogP contribution in [0.2, 0.25) is 10.0 Å². The van der Waals surface area contributed by atoms with Gasteiger partial charge in [0.2, 0.25) is 5.88 Å². The highest BCUT2D eigenvalue weighted by atomic mass is 35.5. The number of hydrogen-bond acceptors (Lipinski definition) is 7. The van der Waals surface area contributed by atoms with E-state index < -0.39 is 18.0 Å². The Morgan fingerprint density at radius 2 is 1.86 bits per heavy atom. The zero-order valence-corrected chi connectivity index (χ0v) is 16.6. The molecule has 1 unspecified atom stereocenters. The normalized spacial score (nSPS) is 16.6. The van der Waals surface area contributed by atoms with Gasteiger partial charge in [0.05, 0.1) is 21.8 Å². The molecule has 1 aromatic carbocycles. The summed E-state index contributed by atoms with van der Waals surface area (Å²) in [6.45, 7) is 3.69. The molecule has 1 saturated heterocycles. The number of carbonyl (C=O) groups is 2. The number of amides is 3. The smallest absolute Gasteiger partial charge is 0.343 e. The molecular weight excluding hydrogens is 423 g/mol. The van der Waals surface area contributed by atoms with E-state index in [4.69, 9.17) is 33.2 Å². The molecule has 29 heavy (non-hydrogen) atoms. The average Bonchev–Trinajstić information content (AvgIpc) is 2.65. The molecule has 2 aromatic rings. The SMILES string of the molecule is CC(C)c1cc(Oc2c(Cl)cc(N3NC(C#N)C(=O)NC3=O)cc2Cl)n[nH]c1=O. The van der Waals surface area contributed by atoms with E-state index in [1.54, 1.807) is 6.07 Å². The van der Waals surface area contributed by atoms with Crippen molar-refractivity contribution in [1.82, 2.24) is 20.9 Å². The molecule has 2 heterocycles. The van der Waals surface area contributed by atoms with Crippen LogP contribution >= 0.6 is 23.2 Å². The van der Waals surface area contributed by atoms with Gasteiger partial charge < -0.3 is 4.74 Å². The molecule has 3 N–H and O–H groups in total. The van der Waals surface area contributed by atoms with Crippen LogP contribution in [-0.4, -0.2) is 28.2 Å². The Balaban J connectivity index is 1.92. The molecule has 150 valence electrons. The lowest BCUT2D eigenvalue weighted by Gasteiger charge is -2.30. The van der Waals surface area contributed by atoms with Crippen molar-refractivity contribution in [3.8, 4) is 17.7 Å². The standard InChI is InChI=1S/C17H14Cl2N6O4/c1-7(2)9-5-13(22-23-15(9)26)29-14-10(18)3-8(4-11(14)19)25-17(28)21-16(27)12(6-20)24-25/h3-5,7,12,24H,1-2H3,(H,23,26)(H,21,27,28). The third kappa shape index (κ3) is 4.17. The second-order valence-electron chi connectivity index (χ2n) is 6.31. The zero-order valence-electron chi connectivity index (χ0n) is 15.1. The molecule has 10 nitrogen and oxygen atoms in total. The minimum absolute atomic E-state index is 0.0339. The number of halogens is 2. The summed E-state index contributed by atoms with van der Waals surface area (Å²) in [7, 11) is 0. The van der Waals surface area contributed by atoms with Crippen LogP contribution in [0.3, 0.4) is 0 Å². The number of aromatic amines is 1. The van der Waals surface area contributed by atoms with Crippen molar-refractivity contribution in [3.05, 3.63) is 44.2 Å². The fourth-order valence-corrected chi connectivity index (χ4v) is 3.07. The number of hydrazine groups is 1. The number of aromatic nitrogens is 2. The lowest BCUT2D eigenvalue weighted by molar-refractivity contribution is -0.121. The highest BCUT2D eigenvalue weighted by molar-refractivity contribution is 6.37. The fraction of sp³-hybridized carbons (Fsp3) is 0.235. The Hall–Kier alpha value is -3.13. The number of imide groups is 1. The van der Waals surface area contributed by atoms with Crippen LogP contribution in [0.1, 0.15) is 25.3 Å². The predicted octanol–water partition coefficient (Wildman–Crippen LogP) is 2.45. The summed E-state index contributed by atoms with van der Waals surface area (Å²) < 4.78 is 5.62. The number of nitrogens with zero attached hydrogens (tertiary/aromatic N) is 3. The summed E-state index contributed by atoms with van der Waals surface area (Å²) in [6, 6.07) is 3.85. The van der Waals surface area contributed by atoms with Gasteiger partial charge >= 0.3 is 6.03 Å². The number of rotatable bonds is 4. The summed E-state index contributed by atoms with van der Waals surface area (Å²) >= 11 is 12.5. The van der Waals surface area contributed by atoms with Gasteiger partial charge in [-0.3, -0.25) is 14.9 Å². The van der Waals surface area contributed by atoms with Gasteiger partial charge in [0, 0.05) is 11.6 Å². The maximum absolute atomic E-state index is 12.1. The van der Waals surface area contributed by atoms with E-state index in [-0.39, 0.29) is 38.8 Å². The summed E-state index contributed by atoms with van der Waals surface area (Å²) in [5.74, 6) is -0.696. The first-order chi connectivity index (χ1) is 13.7. The van der Waals surface area contributed by atoms with Crippen molar-refractivity contribution >= 4 is 40.8 Å². The van der Waals surface area contributed by atoms with Gasteiger partial charge in [0.15, 0.2) is 11.8 Å². The van der Waals surface area contributed by atoms with E-state index in [2.05, 4.69) is 15.6 Å². The molecule has 1 aliphatic heterocycles. The zero-order chi connectivity index (χ0) is 21.3. The molecule has 3 rings (SSSR count). The summed E-state index contributed by atoms with van der Waals surface area (Å²) in [5, 5.41) is 18.2. The van der Waals surface area contributed by atoms with Crippen molar-refractivity contribution in [2.45, 2.75) is 25.8 Å². The molecule has 1 fully saturated rings. The Morgan fingerprint density at radius 1 is 1.21 bits per heavy atom. The molecule has 12 heteroatoms. The van der Waals surface area contributed by atoms with Crippen LogP contribution in [0.25, 0.3) is 0 Å². The van der Waals surface area contributed by atoms with Crippen LogP contribution in [-0.2, 0) is 4.79 Å². The van der Waals surface area contributed by atoms with Gasteiger partial charge in [-0.15, -0.1) is 5.10 Å². The Morgan fingerprint density at radius 3 is 2.45 bits per heavy atom. The van der Waals surface area contributed by atoms with E-state index >= 15 is 0 Å². The van der Waals surface area contributed by atoms with E-state index in [1.165, 1.54) is 18.2 Å². The number of nitrogens with one attached hydrogen (secondary N) is 3. The van der Waals surface area contributed by atoms with Crippen molar-refractivity contribution in [2.24, 2.45) is 0 Å². The van der Waals surface area contributed by atoms with E-state index in [9.17, 15) is 14.4 Å². The van der Waals surface area contributed by atoms with E-state index in [0.717, 1.165) is 5.01 Å². The average molecular weight is 437 g/mol. The van der Waals surface area contributed by atoms with Crippen molar-refractivity contribution in [3.63, 3.8) is 0 Å². The second-order valence-corrected chi connectivity index (χ2v) is 7.12. The molecular formula is C17H14Cl2N6O4. The number of hydrogen-bond donors (Lipinski definition) is 3. The molecule has 3 amide bonds. The highest BCUT2D eigenvalue weighted by Crippen LogP contribution is 2.39. The third-order valence-corrected chi connectivity index (χ3v) is 4.52. The number of carbonyl (C=O) groups excluding carboxylic acids is 2. The van der Waals surface area contributed by atoms with Crippen LogP contribution < -0.4 is 26.0 Å². The summed E-state index contributed by atoms with van der Waals surface area (Å²) in [4.78, 5) is 35.4. The largest absolute Gasteiger partial charge is 0.434 e.